The third-order valence-corrected chi connectivity index (χ3v) is 2.35. The van der Waals surface area contributed by atoms with Gasteiger partial charge in [-0.05, 0) is 24.6 Å². The van der Waals surface area contributed by atoms with E-state index in [1.807, 2.05) is 0 Å². The first kappa shape index (κ1) is 17.2. The number of benzene rings is 1. The quantitative estimate of drug-likeness (QED) is 0.639. The van der Waals surface area contributed by atoms with Gasteiger partial charge in [-0.15, -0.1) is 13.2 Å². The molecule has 1 rings (SSSR count). The molecule has 0 saturated heterocycles. The summed E-state index contributed by atoms with van der Waals surface area (Å²) in [7, 11) is 0. The Kier molecular flexibility index (Phi) is 5.50. The maximum absolute atomic E-state index is 13.4. The number of halogens is 4. The summed E-state index contributed by atoms with van der Waals surface area (Å²) in [6.07, 6.45) is -8.90. The maximum atomic E-state index is 13.4. The Bertz CT molecular complexity index is 503. The Balaban J connectivity index is 2.90. The third-order valence-electron chi connectivity index (χ3n) is 2.35. The zero-order valence-electron chi connectivity index (χ0n) is 10.7. The first-order valence-electron chi connectivity index (χ1n) is 5.73. The zero-order valence-corrected chi connectivity index (χ0v) is 10.7. The van der Waals surface area contributed by atoms with Crippen molar-refractivity contribution in [1.29, 1.82) is 0 Å². The highest BCUT2D eigenvalue weighted by atomic mass is 19.4. The average Bonchev–Trinajstić information content (AvgIpc) is 2.38. The Morgan fingerprint density at radius 3 is 2.43 bits per heavy atom. The Morgan fingerprint density at radius 1 is 1.33 bits per heavy atom. The van der Waals surface area contributed by atoms with Crippen LogP contribution in [0.3, 0.4) is 0 Å². The molecule has 0 fully saturated rings. The van der Waals surface area contributed by atoms with E-state index in [1.54, 1.807) is 0 Å². The van der Waals surface area contributed by atoms with Crippen LogP contribution in [0.15, 0.2) is 18.2 Å². The molecule has 21 heavy (non-hydrogen) atoms. The van der Waals surface area contributed by atoms with E-state index in [0.29, 0.717) is 12.1 Å². The molecule has 0 radical (unpaired) electrons. The van der Waals surface area contributed by atoms with Crippen molar-refractivity contribution in [2.45, 2.75) is 25.5 Å². The van der Waals surface area contributed by atoms with Crippen molar-refractivity contribution in [3.05, 3.63) is 29.6 Å². The highest BCUT2D eigenvalue weighted by molar-refractivity contribution is 5.75. The summed E-state index contributed by atoms with van der Waals surface area (Å²) in [6, 6.07) is 2.03. The van der Waals surface area contributed by atoms with Gasteiger partial charge in [-0.2, -0.15) is 0 Å². The molecule has 9 heteroatoms. The SMILES string of the molecule is CCOC(=O)C(O)C(O)c1ccc(OC(F)(F)F)c(F)c1. The predicted octanol–water partition coefficient (Wildman–Crippen LogP) is 1.68. The number of hydrogen-bond donors (Lipinski definition) is 2. The van der Waals surface area contributed by atoms with Crippen LogP contribution in [0.4, 0.5) is 17.6 Å². The van der Waals surface area contributed by atoms with Crippen molar-refractivity contribution in [3.8, 4) is 5.75 Å². The smallest absolute Gasteiger partial charge is 0.464 e. The molecular weight excluding hydrogens is 300 g/mol. The third kappa shape index (κ3) is 4.87. The van der Waals surface area contributed by atoms with Crippen molar-refractivity contribution in [1.82, 2.24) is 0 Å². The fraction of sp³-hybridized carbons (Fsp3) is 0.417. The van der Waals surface area contributed by atoms with Crippen molar-refractivity contribution in [3.63, 3.8) is 0 Å². The molecule has 0 spiro atoms. The van der Waals surface area contributed by atoms with E-state index in [4.69, 9.17) is 0 Å². The lowest BCUT2D eigenvalue weighted by atomic mass is 10.0. The van der Waals surface area contributed by atoms with Gasteiger partial charge in [0, 0.05) is 0 Å². The number of aliphatic hydroxyl groups excluding tert-OH is 2. The lowest BCUT2D eigenvalue weighted by molar-refractivity contribution is -0.275. The molecule has 118 valence electrons. The largest absolute Gasteiger partial charge is 0.573 e. The van der Waals surface area contributed by atoms with E-state index in [1.165, 1.54) is 6.92 Å². The van der Waals surface area contributed by atoms with Crippen LogP contribution >= 0.6 is 0 Å². The second kappa shape index (κ2) is 6.72. The minimum Gasteiger partial charge on any atom is -0.464 e. The molecular formula is C12H12F4O5. The van der Waals surface area contributed by atoms with Crippen LogP contribution in [0.1, 0.15) is 18.6 Å². The van der Waals surface area contributed by atoms with Crippen LogP contribution in [0, 0.1) is 5.82 Å². The molecule has 0 aromatic heterocycles. The van der Waals surface area contributed by atoms with Crippen LogP contribution < -0.4 is 4.74 Å². The van der Waals surface area contributed by atoms with E-state index in [-0.39, 0.29) is 12.2 Å². The van der Waals surface area contributed by atoms with Gasteiger partial charge in [-0.3, -0.25) is 0 Å². The average molecular weight is 312 g/mol. The summed E-state index contributed by atoms with van der Waals surface area (Å²) < 4.78 is 57.2. The second-order valence-corrected chi connectivity index (χ2v) is 3.88. The molecule has 0 amide bonds. The van der Waals surface area contributed by atoms with E-state index in [2.05, 4.69) is 9.47 Å². The van der Waals surface area contributed by atoms with Gasteiger partial charge in [0.2, 0.25) is 0 Å². The predicted molar refractivity (Wildman–Crippen MR) is 60.7 cm³/mol. The highest BCUT2D eigenvalue weighted by Gasteiger charge is 2.33. The van der Waals surface area contributed by atoms with Gasteiger partial charge in [0.25, 0.3) is 0 Å². The lowest BCUT2D eigenvalue weighted by Crippen LogP contribution is -2.30. The summed E-state index contributed by atoms with van der Waals surface area (Å²) in [5, 5.41) is 19.1. The maximum Gasteiger partial charge on any atom is 0.573 e. The van der Waals surface area contributed by atoms with Gasteiger partial charge < -0.3 is 19.7 Å². The summed E-state index contributed by atoms with van der Waals surface area (Å²) in [6.45, 7) is 1.43. The van der Waals surface area contributed by atoms with Crippen molar-refractivity contribution >= 4 is 5.97 Å². The van der Waals surface area contributed by atoms with E-state index >= 15 is 0 Å². The summed E-state index contributed by atoms with van der Waals surface area (Å²) in [4.78, 5) is 11.2. The number of ether oxygens (including phenoxy) is 2. The molecule has 0 heterocycles. The number of hydrogen-bond acceptors (Lipinski definition) is 5. The van der Waals surface area contributed by atoms with E-state index in [0.717, 1.165) is 6.07 Å². The molecule has 2 N–H and O–H groups in total. The number of carbonyl (C=O) groups excluding carboxylic acids is 1. The Labute approximate surface area is 116 Å². The molecule has 2 atom stereocenters. The van der Waals surface area contributed by atoms with Gasteiger partial charge in [0.05, 0.1) is 6.61 Å². The number of esters is 1. The van der Waals surface area contributed by atoms with Crippen molar-refractivity contribution in [2.75, 3.05) is 6.61 Å². The van der Waals surface area contributed by atoms with Gasteiger partial charge >= 0.3 is 12.3 Å². The number of rotatable bonds is 5. The minimum absolute atomic E-state index is 0.0463. The number of aliphatic hydroxyl groups is 2. The Hall–Kier alpha value is -1.87. The summed E-state index contributed by atoms with van der Waals surface area (Å²) in [5.41, 5.74) is -0.303. The van der Waals surface area contributed by atoms with Crippen LogP contribution in [-0.4, -0.2) is 35.3 Å². The van der Waals surface area contributed by atoms with E-state index < -0.39 is 36.1 Å². The topological polar surface area (TPSA) is 76.0 Å². The highest BCUT2D eigenvalue weighted by Crippen LogP contribution is 2.28. The molecule has 0 aliphatic carbocycles. The molecule has 0 saturated carbocycles. The normalized spacial score (nSPS) is 14.4. The Morgan fingerprint density at radius 2 is 1.95 bits per heavy atom. The molecule has 2 unspecified atom stereocenters. The van der Waals surface area contributed by atoms with Crippen LogP contribution in [0.2, 0.25) is 0 Å². The zero-order chi connectivity index (χ0) is 16.2. The minimum atomic E-state index is -5.06. The van der Waals surface area contributed by atoms with Gasteiger partial charge in [-0.25, -0.2) is 9.18 Å². The fourth-order valence-electron chi connectivity index (χ4n) is 1.45. The molecule has 0 aliphatic heterocycles. The van der Waals surface area contributed by atoms with Crippen LogP contribution in [0.5, 0.6) is 5.75 Å². The molecule has 1 aromatic carbocycles. The second-order valence-electron chi connectivity index (χ2n) is 3.88. The van der Waals surface area contributed by atoms with Gasteiger partial charge in [-0.1, -0.05) is 6.07 Å². The molecule has 0 aliphatic rings. The van der Waals surface area contributed by atoms with E-state index in [9.17, 15) is 32.6 Å². The first-order valence-corrected chi connectivity index (χ1v) is 5.73. The monoisotopic (exact) mass is 312 g/mol. The molecule has 0 bridgehead atoms. The summed E-state index contributed by atoms with van der Waals surface area (Å²) in [5.74, 6) is -3.63. The molecule has 1 aromatic rings. The lowest BCUT2D eigenvalue weighted by Gasteiger charge is -2.17. The number of alkyl halides is 3. The molecule has 5 nitrogen and oxygen atoms in total. The van der Waals surface area contributed by atoms with Crippen molar-refractivity contribution < 1.29 is 42.0 Å². The van der Waals surface area contributed by atoms with Crippen molar-refractivity contribution in [2.24, 2.45) is 0 Å². The summed E-state index contributed by atoms with van der Waals surface area (Å²) >= 11 is 0. The van der Waals surface area contributed by atoms with Gasteiger partial charge in [0.15, 0.2) is 17.7 Å². The standard InChI is InChI=1S/C12H12F4O5/c1-2-20-11(19)10(18)9(17)6-3-4-8(7(13)5-6)21-12(14,15)16/h3-5,9-10,17-18H,2H2,1H3. The first-order chi connectivity index (χ1) is 9.65. The van der Waals surface area contributed by atoms with Crippen LogP contribution in [-0.2, 0) is 9.53 Å². The van der Waals surface area contributed by atoms with Crippen LogP contribution in [0.25, 0.3) is 0 Å². The van der Waals surface area contributed by atoms with Gasteiger partial charge in [0.1, 0.15) is 6.10 Å². The fourth-order valence-corrected chi connectivity index (χ4v) is 1.45. The number of carbonyl (C=O) groups is 1.